The average Bonchev–Trinajstić information content (AvgIpc) is 3.29. The zero-order valence-corrected chi connectivity index (χ0v) is 18.7. The maximum atomic E-state index is 14.1. The average molecular weight is 450 g/mol. The van der Waals surface area contributed by atoms with Gasteiger partial charge in [-0.2, -0.15) is 0 Å². The lowest BCUT2D eigenvalue weighted by atomic mass is 9.75. The monoisotopic (exact) mass is 449 g/mol. The van der Waals surface area contributed by atoms with Crippen LogP contribution in [0.4, 0.5) is 4.39 Å². The fourth-order valence-electron chi connectivity index (χ4n) is 4.49. The molecule has 0 aliphatic carbocycles. The molecule has 1 saturated heterocycles. The fourth-order valence-corrected chi connectivity index (χ4v) is 4.49. The maximum Gasteiger partial charge on any atom is 0.228 e. The van der Waals surface area contributed by atoms with E-state index in [-0.39, 0.29) is 24.8 Å². The number of aromatic nitrogens is 1. The van der Waals surface area contributed by atoms with Crippen molar-refractivity contribution in [2.24, 2.45) is 5.41 Å². The lowest BCUT2D eigenvalue weighted by Gasteiger charge is -2.41. The van der Waals surface area contributed by atoms with Crippen LogP contribution in [-0.4, -0.2) is 41.5 Å². The molecule has 1 atom stereocenters. The van der Waals surface area contributed by atoms with E-state index in [2.05, 4.69) is 10.5 Å². The van der Waals surface area contributed by atoms with Crippen molar-refractivity contribution < 1.29 is 18.5 Å². The number of carbonyl (C=O) groups is 2. The molecule has 33 heavy (non-hydrogen) atoms. The van der Waals surface area contributed by atoms with E-state index >= 15 is 0 Å². The van der Waals surface area contributed by atoms with Crippen LogP contribution in [0, 0.1) is 11.2 Å². The summed E-state index contributed by atoms with van der Waals surface area (Å²) in [6.07, 6.45) is 1.62. The molecule has 0 saturated carbocycles. The molecule has 0 spiro atoms. The van der Waals surface area contributed by atoms with Crippen molar-refractivity contribution in [2.45, 2.75) is 32.6 Å². The number of benzene rings is 2. The van der Waals surface area contributed by atoms with Crippen LogP contribution in [-0.2, 0) is 22.4 Å². The first-order valence-corrected chi connectivity index (χ1v) is 11.3. The van der Waals surface area contributed by atoms with E-state index in [1.165, 1.54) is 6.07 Å². The number of nitrogens with one attached hydrogen (secondary N) is 1. The van der Waals surface area contributed by atoms with E-state index in [9.17, 15) is 14.0 Å². The molecule has 0 bridgehead atoms. The van der Waals surface area contributed by atoms with Crippen LogP contribution < -0.4 is 5.32 Å². The SMILES string of the molecule is CCNC(=O)[C@@]1(Cc2cc(-c3ccccc3)no2)CCCN(C(=O)Cc2ccccc2F)C1. The van der Waals surface area contributed by atoms with E-state index in [0.29, 0.717) is 49.4 Å². The number of likely N-dealkylation sites (tertiary alicyclic amines) is 1. The zero-order valence-electron chi connectivity index (χ0n) is 18.7. The van der Waals surface area contributed by atoms with Crippen LogP contribution in [0.2, 0.25) is 0 Å². The molecule has 2 amide bonds. The quantitative estimate of drug-likeness (QED) is 0.591. The van der Waals surface area contributed by atoms with Gasteiger partial charge in [0.05, 0.1) is 11.8 Å². The minimum absolute atomic E-state index is 0.0292. The number of nitrogens with zero attached hydrogens (tertiary/aromatic N) is 2. The van der Waals surface area contributed by atoms with Gasteiger partial charge in [0.1, 0.15) is 17.3 Å². The first-order chi connectivity index (χ1) is 16.0. The number of rotatable bonds is 7. The van der Waals surface area contributed by atoms with Gasteiger partial charge in [-0.3, -0.25) is 9.59 Å². The Morgan fingerprint density at radius 3 is 2.67 bits per heavy atom. The van der Waals surface area contributed by atoms with Gasteiger partial charge in [0.15, 0.2) is 0 Å². The predicted molar refractivity (Wildman–Crippen MR) is 123 cm³/mol. The number of halogens is 1. The maximum absolute atomic E-state index is 14.1. The van der Waals surface area contributed by atoms with Crippen molar-refractivity contribution >= 4 is 11.8 Å². The molecule has 0 radical (unpaired) electrons. The molecule has 3 aromatic rings. The Morgan fingerprint density at radius 2 is 1.91 bits per heavy atom. The molecule has 1 aromatic heterocycles. The van der Waals surface area contributed by atoms with Crippen LogP contribution >= 0.6 is 0 Å². The highest BCUT2D eigenvalue weighted by Gasteiger charge is 2.44. The van der Waals surface area contributed by atoms with Gasteiger partial charge in [0, 0.05) is 37.7 Å². The Labute approximate surface area is 192 Å². The van der Waals surface area contributed by atoms with Crippen LogP contribution in [0.5, 0.6) is 0 Å². The molecule has 1 aliphatic rings. The van der Waals surface area contributed by atoms with Gasteiger partial charge >= 0.3 is 0 Å². The minimum Gasteiger partial charge on any atom is -0.361 e. The van der Waals surface area contributed by atoms with Gasteiger partial charge in [-0.15, -0.1) is 0 Å². The third-order valence-corrected chi connectivity index (χ3v) is 6.19. The molecule has 2 aromatic carbocycles. The second-order valence-electron chi connectivity index (χ2n) is 8.55. The summed E-state index contributed by atoms with van der Waals surface area (Å²) in [6, 6.07) is 17.8. The number of hydrogen-bond donors (Lipinski definition) is 1. The van der Waals surface area contributed by atoms with E-state index in [1.54, 1.807) is 23.1 Å². The smallest absolute Gasteiger partial charge is 0.228 e. The van der Waals surface area contributed by atoms with Crippen molar-refractivity contribution in [3.63, 3.8) is 0 Å². The van der Waals surface area contributed by atoms with Crippen molar-refractivity contribution in [1.29, 1.82) is 0 Å². The largest absolute Gasteiger partial charge is 0.361 e. The van der Waals surface area contributed by atoms with E-state index < -0.39 is 11.2 Å². The lowest BCUT2D eigenvalue weighted by molar-refractivity contribution is -0.141. The second kappa shape index (κ2) is 9.98. The van der Waals surface area contributed by atoms with Crippen molar-refractivity contribution in [3.05, 3.63) is 77.8 Å². The summed E-state index contributed by atoms with van der Waals surface area (Å²) in [4.78, 5) is 27.9. The molecule has 1 fully saturated rings. The number of piperidine rings is 1. The Bertz CT molecular complexity index is 1110. The zero-order chi connectivity index (χ0) is 23.3. The second-order valence-corrected chi connectivity index (χ2v) is 8.55. The van der Waals surface area contributed by atoms with Crippen LogP contribution in [0.1, 0.15) is 31.1 Å². The van der Waals surface area contributed by atoms with E-state index in [1.807, 2.05) is 43.3 Å². The normalized spacial score (nSPS) is 18.2. The molecule has 6 nitrogen and oxygen atoms in total. The summed E-state index contributed by atoms with van der Waals surface area (Å²) in [6.45, 7) is 3.17. The third kappa shape index (κ3) is 5.13. The standard InChI is InChI=1S/C26H28FN3O3/c1-2-28-25(32)26(17-21-16-23(29-33-21)19-9-4-3-5-10-19)13-8-14-30(18-26)24(31)15-20-11-6-7-12-22(20)27/h3-7,9-12,16H,2,8,13-15,17-18H2,1H3,(H,28,32)/t26-/m1/s1. The van der Waals surface area contributed by atoms with Gasteiger partial charge < -0.3 is 14.7 Å². The van der Waals surface area contributed by atoms with E-state index in [0.717, 1.165) is 5.56 Å². The molecule has 4 rings (SSSR count). The summed E-state index contributed by atoms with van der Waals surface area (Å²) in [5.74, 6) is -0.0847. The third-order valence-electron chi connectivity index (χ3n) is 6.19. The van der Waals surface area contributed by atoms with Gasteiger partial charge in [-0.25, -0.2) is 4.39 Å². The Balaban J connectivity index is 1.55. The van der Waals surface area contributed by atoms with Crippen molar-refractivity contribution in [3.8, 4) is 11.3 Å². The molecular weight excluding hydrogens is 421 g/mol. The minimum atomic E-state index is -0.827. The lowest BCUT2D eigenvalue weighted by Crippen LogP contribution is -2.54. The molecule has 172 valence electrons. The van der Waals surface area contributed by atoms with Gasteiger partial charge in [-0.05, 0) is 31.4 Å². The van der Waals surface area contributed by atoms with Crippen LogP contribution in [0.15, 0.2) is 65.2 Å². The highest BCUT2D eigenvalue weighted by atomic mass is 19.1. The number of hydrogen-bond acceptors (Lipinski definition) is 4. The van der Waals surface area contributed by atoms with Gasteiger partial charge in [-0.1, -0.05) is 53.7 Å². The molecule has 1 aliphatic heterocycles. The number of carbonyl (C=O) groups excluding carboxylic acids is 2. The summed E-state index contributed by atoms with van der Waals surface area (Å²) < 4.78 is 19.7. The van der Waals surface area contributed by atoms with Gasteiger partial charge in [0.2, 0.25) is 11.8 Å². The first-order valence-electron chi connectivity index (χ1n) is 11.3. The highest BCUT2D eigenvalue weighted by Crippen LogP contribution is 2.35. The van der Waals surface area contributed by atoms with Crippen molar-refractivity contribution in [2.75, 3.05) is 19.6 Å². The first kappa shape index (κ1) is 22.7. The Hall–Kier alpha value is -3.48. The van der Waals surface area contributed by atoms with Crippen LogP contribution in [0.25, 0.3) is 11.3 Å². The predicted octanol–water partition coefficient (Wildman–Crippen LogP) is 4.01. The summed E-state index contributed by atoms with van der Waals surface area (Å²) in [7, 11) is 0. The van der Waals surface area contributed by atoms with Gasteiger partial charge in [0.25, 0.3) is 0 Å². The topological polar surface area (TPSA) is 75.4 Å². The number of amides is 2. The van der Waals surface area contributed by atoms with Crippen molar-refractivity contribution in [1.82, 2.24) is 15.4 Å². The Kier molecular flexibility index (Phi) is 6.87. The summed E-state index contributed by atoms with van der Waals surface area (Å²) >= 11 is 0. The highest BCUT2D eigenvalue weighted by molar-refractivity contribution is 5.85. The molecule has 1 N–H and O–H groups in total. The van der Waals surface area contributed by atoms with E-state index in [4.69, 9.17) is 4.52 Å². The molecule has 2 heterocycles. The molecular formula is C26H28FN3O3. The van der Waals surface area contributed by atoms with Crippen LogP contribution in [0.3, 0.4) is 0 Å². The molecule has 7 heteroatoms. The Morgan fingerprint density at radius 1 is 1.15 bits per heavy atom. The molecule has 0 unspecified atom stereocenters. The summed E-state index contributed by atoms with van der Waals surface area (Å²) in [5.41, 5.74) is 1.18. The summed E-state index contributed by atoms with van der Waals surface area (Å²) in [5, 5.41) is 7.11. The fraction of sp³-hybridized carbons (Fsp3) is 0.346.